The zero-order valence-electron chi connectivity index (χ0n) is 16.9. The summed E-state index contributed by atoms with van der Waals surface area (Å²) in [6, 6.07) is 18.4. The van der Waals surface area contributed by atoms with Crippen molar-refractivity contribution in [2.45, 2.75) is 0 Å². The molecule has 0 aliphatic rings. The van der Waals surface area contributed by atoms with Gasteiger partial charge in [-0.2, -0.15) is 5.10 Å². The number of hydrogen-bond acceptors (Lipinski definition) is 5. The van der Waals surface area contributed by atoms with Crippen LogP contribution in [-0.2, 0) is 0 Å². The summed E-state index contributed by atoms with van der Waals surface area (Å²) >= 11 is 5.86. The van der Waals surface area contributed by atoms with Crippen LogP contribution in [0.3, 0.4) is 0 Å². The standard InChI is InChI=1S/C23H20ClN3O4/c1-30-20-12-7-15(13-21(20)31-2)14-25-27-23(29)18-5-3-4-6-19(18)26-22(28)16-8-10-17(24)11-9-16/h3-14H,1-2H3,(H,26,28)(H,27,29). The van der Waals surface area contributed by atoms with E-state index in [1.807, 2.05) is 0 Å². The second-order valence-corrected chi connectivity index (χ2v) is 6.76. The van der Waals surface area contributed by atoms with E-state index >= 15 is 0 Å². The molecule has 158 valence electrons. The van der Waals surface area contributed by atoms with Crippen LogP contribution in [-0.4, -0.2) is 32.2 Å². The number of halogens is 1. The van der Waals surface area contributed by atoms with Crippen molar-refractivity contribution in [3.05, 3.63) is 88.4 Å². The molecule has 0 saturated carbocycles. The molecular weight excluding hydrogens is 418 g/mol. The third-order valence-corrected chi connectivity index (χ3v) is 4.57. The summed E-state index contributed by atoms with van der Waals surface area (Å²) in [5, 5.41) is 7.26. The van der Waals surface area contributed by atoms with Crippen molar-refractivity contribution in [2.24, 2.45) is 5.10 Å². The summed E-state index contributed by atoms with van der Waals surface area (Å²) in [6.45, 7) is 0. The number of amides is 2. The van der Waals surface area contributed by atoms with Gasteiger partial charge in [0.2, 0.25) is 0 Å². The molecule has 0 spiro atoms. The summed E-state index contributed by atoms with van der Waals surface area (Å²) in [4.78, 5) is 25.1. The Bertz CT molecular complexity index is 1110. The molecule has 0 fully saturated rings. The van der Waals surface area contributed by atoms with E-state index in [2.05, 4.69) is 15.8 Å². The van der Waals surface area contributed by atoms with Crippen LogP contribution in [0, 0.1) is 0 Å². The summed E-state index contributed by atoms with van der Waals surface area (Å²) < 4.78 is 10.4. The smallest absolute Gasteiger partial charge is 0.273 e. The topological polar surface area (TPSA) is 89.0 Å². The Morgan fingerprint density at radius 1 is 0.903 bits per heavy atom. The van der Waals surface area contributed by atoms with Gasteiger partial charge in [-0.1, -0.05) is 23.7 Å². The van der Waals surface area contributed by atoms with Gasteiger partial charge in [0.15, 0.2) is 11.5 Å². The first-order chi connectivity index (χ1) is 15.0. The Kier molecular flexibility index (Phi) is 7.24. The Balaban J connectivity index is 1.70. The van der Waals surface area contributed by atoms with Crippen LogP contribution in [0.4, 0.5) is 5.69 Å². The number of nitrogens with zero attached hydrogens (tertiary/aromatic N) is 1. The van der Waals surface area contributed by atoms with Crippen LogP contribution >= 0.6 is 11.6 Å². The summed E-state index contributed by atoms with van der Waals surface area (Å²) in [5.74, 6) is 0.316. The molecular formula is C23H20ClN3O4. The second-order valence-electron chi connectivity index (χ2n) is 6.32. The van der Waals surface area contributed by atoms with E-state index in [4.69, 9.17) is 21.1 Å². The van der Waals surface area contributed by atoms with E-state index in [0.29, 0.717) is 33.3 Å². The Hall–Kier alpha value is -3.84. The van der Waals surface area contributed by atoms with Crippen molar-refractivity contribution in [3.8, 4) is 11.5 Å². The zero-order chi connectivity index (χ0) is 22.2. The minimum atomic E-state index is -0.469. The molecule has 0 heterocycles. The van der Waals surface area contributed by atoms with Gasteiger partial charge in [-0.25, -0.2) is 5.43 Å². The molecule has 0 aliphatic heterocycles. The molecule has 7 nitrogen and oxygen atoms in total. The lowest BCUT2D eigenvalue weighted by Gasteiger charge is -2.10. The van der Waals surface area contributed by atoms with Crippen molar-refractivity contribution in [2.75, 3.05) is 19.5 Å². The number of anilines is 1. The van der Waals surface area contributed by atoms with Gasteiger partial charge < -0.3 is 14.8 Å². The Labute approximate surface area is 184 Å². The van der Waals surface area contributed by atoms with Gasteiger partial charge >= 0.3 is 0 Å². The first kappa shape index (κ1) is 21.9. The van der Waals surface area contributed by atoms with Crippen LogP contribution in [0.15, 0.2) is 71.8 Å². The van der Waals surface area contributed by atoms with Crippen molar-refractivity contribution >= 4 is 35.3 Å². The minimum Gasteiger partial charge on any atom is -0.493 e. The number of carbonyl (C=O) groups excluding carboxylic acids is 2. The number of hydrogen-bond donors (Lipinski definition) is 2. The van der Waals surface area contributed by atoms with E-state index in [0.717, 1.165) is 0 Å². The van der Waals surface area contributed by atoms with Crippen LogP contribution in [0.5, 0.6) is 11.5 Å². The maximum Gasteiger partial charge on any atom is 0.273 e. The van der Waals surface area contributed by atoms with E-state index in [-0.39, 0.29) is 11.5 Å². The van der Waals surface area contributed by atoms with Gasteiger partial charge in [-0.15, -0.1) is 0 Å². The highest BCUT2D eigenvalue weighted by atomic mass is 35.5. The second kappa shape index (κ2) is 10.3. The molecule has 0 atom stereocenters. The number of hydrazone groups is 1. The lowest BCUT2D eigenvalue weighted by molar-refractivity contribution is 0.0956. The number of carbonyl (C=O) groups is 2. The fraction of sp³-hybridized carbons (Fsp3) is 0.0870. The first-order valence-electron chi connectivity index (χ1n) is 9.23. The Morgan fingerprint density at radius 2 is 1.61 bits per heavy atom. The number of benzene rings is 3. The molecule has 0 bridgehead atoms. The molecule has 3 rings (SSSR count). The fourth-order valence-corrected chi connectivity index (χ4v) is 2.87. The van der Waals surface area contributed by atoms with E-state index in [1.165, 1.54) is 13.3 Å². The van der Waals surface area contributed by atoms with E-state index in [9.17, 15) is 9.59 Å². The van der Waals surface area contributed by atoms with Crippen LogP contribution in [0.1, 0.15) is 26.3 Å². The van der Waals surface area contributed by atoms with Crippen LogP contribution in [0.25, 0.3) is 0 Å². The predicted octanol–water partition coefficient (Wildman–Crippen LogP) is 4.37. The molecule has 0 unspecified atom stereocenters. The van der Waals surface area contributed by atoms with Gasteiger partial charge in [-0.3, -0.25) is 9.59 Å². The number of para-hydroxylation sites is 1. The average molecular weight is 438 g/mol. The molecule has 0 radical (unpaired) electrons. The van der Waals surface area contributed by atoms with E-state index < -0.39 is 5.91 Å². The molecule has 0 aromatic heterocycles. The largest absolute Gasteiger partial charge is 0.493 e. The molecule has 2 amide bonds. The molecule has 2 N–H and O–H groups in total. The highest BCUT2D eigenvalue weighted by Gasteiger charge is 2.14. The van der Waals surface area contributed by atoms with Crippen molar-refractivity contribution in [3.63, 3.8) is 0 Å². The average Bonchev–Trinajstić information content (AvgIpc) is 2.79. The summed E-state index contributed by atoms with van der Waals surface area (Å²) in [6.07, 6.45) is 1.48. The van der Waals surface area contributed by atoms with Crippen LogP contribution < -0.4 is 20.2 Å². The maximum atomic E-state index is 12.6. The quantitative estimate of drug-likeness (QED) is 0.424. The molecule has 8 heteroatoms. The lowest BCUT2D eigenvalue weighted by Crippen LogP contribution is -2.21. The first-order valence-corrected chi connectivity index (χ1v) is 9.61. The van der Waals surface area contributed by atoms with Crippen LogP contribution in [0.2, 0.25) is 5.02 Å². The number of nitrogens with one attached hydrogen (secondary N) is 2. The summed E-state index contributed by atoms with van der Waals surface area (Å²) in [5.41, 5.74) is 4.23. The molecule has 31 heavy (non-hydrogen) atoms. The maximum absolute atomic E-state index is 12.6. The third kappa shape index (κ3) is 5.61. The van der Waals surface area contributed by atoms with Gasteiger partial charge in [0.1, 0.15) is 0 Å². The van der Waals surface area contributed by atoms with Crippen molar-refractivity contribution in [1.82, 2.24) is 5.43 Å². The predicted molar refractivity (Wildman–Crippen MR) is 120 cm³/mol. The van der Waals surface area contributed by atoms with Crippen molar-refractivity contribution in [1.29, 1.82) is 0 Å². The Morgan fingerprint density at radius 3 is 2.32 bits per heavy atom. The molecule has 3 aromatic rings. The normalized spacial score (nSPS) is 10.5. The number of ether oxygens (including phenoxy) is 2. The molecule has 3 aromatic carbocycles. The van der Waals surface area contributed by atoms with Crippen molar-refractivity contribution < 1.29 is 19.1 Å². The van der Waals surface area contributed by atoms with Gasteiger partial charge in [0.05, 0.1) is 31.7 Å². The SMILES string of the molecule is COc1ccc(C=NNC(=O)c2ccccc2NC(=O)c2ccc(Cl)cc2)cc1OC. The highest BCUT2D eigenvalue weighted by Crippen LogP contribution is 2.26. The monoisotopic (exact) mass is 437 g/mol. The third-order valence-electron chi connectivity index (χ3n) is 4.31. The molecule has 0 aliphatic carbocycles. The van der Waals surface area contributed by atoms with Gasteiger partial charge in [0.25, 0.3) is 11.8 Å². The highest BCUT2D eigenvalue weighted by molar-refractivity contribution is 6.30. The lowest BCUT2D eigenvalue weighted by atomic mass is 10.1. The fourth-order valence-electron chi connectivity index (χ4n) is 2.74. The zero-order valence-corrected chi connectivity index (χ0v) is 17.6. The number of rotatable bonds is 7. The number of methoxy groups -OCH3 is 2. The van der Waals surface area contributed by atoms with E-state index in [1.54, 1.807) is 73.8 Å². The van der Waals surface area contributed by atoms with Gasteiger partial charge in [-0.05, 0) is 60.2 Å². The van der Waals surface area contributed by atoms with Gasteiger partial charge in [0, 0.05) is 10.6 Å². The summed E-state index contributed by atoms with van der Waals surface area (Å²) in [7, 11) is 3.09. The molecule has 0 saturated heterocycles. The minimum absolute atomic E-state index is 0.272.